The molecule has 22 heavy (non-hydrogen) atoms. The fourth-order valence-electron chi connectivity index (χ4n) is 2.52. The summed E-state index contributed by atoms with van der Waals surface area (Å²) in [7, 11) is 0. The van der Waals surface area contributed by atoms with Gasteiger partial charge in [-0.25, -0.2) is 0 Å². The second-order valence-corrected chi connectivity index (χ2v) is 5.17. The molecular formula is C16H12N2O4. The third-order valence-corrected chi connectivity index (χ3v) is 3.59. The van der Waals surface area contributed by atoms with Gasteiger partial charge in [-0.3, -0.25) is 19.7 Å². The van der Waals surface area contributed by atoms with Crippen LogP contribution in [0.15, 0.2) is 42.5 Å². The summed E-state index contributed by atoms with van der Waals surface area (Å²) in [6.45, 7) is 1.98. The summed E-state index contributed by atoms with van der Waals surface area (Å²) in [5, 5.41) is 10.8. The first-order chi connectivity index (χ1) is 10.5. The lowest BCUT2D eigenvalue weighted by Gasteiger charge is -2.16. The summed E-state index contributed by atoms with van der Waals surface area (Å²) in [4.78, 5) is 35.8. The van der Waals surface area contributed by atoms with E-state index < -0.39 is 16.6 Å². The number of fused-ring (bicyclic) bond motifs is 1. The van der Waals surface area contributed by atoms with Crippen molar-refractivity contribution in [2.45, 2.75) is 13.5 Å². The summed E-state index contributed by atoms with van der Waals surface area (Å²) in [5.74, 6) is -1.14. The Morgan fingerprint density at radius 3 is 2.64 bits per heavy atom. The molecule has 0 unspecified atom stereocenters. The largest absolute Gasteiger partial charge is 0.300 e. The third kappa shape index (κ3) is 2.24. The zero-order valence-electron chi connectivity index (χ0n) is 11.8. The number of nitro benzene ring substituents is 1. The number of carbonyl (C=O) groups excluding carboxylic acids is 2. The van der Waals surface area contributed by atoms with Gasteiger partial charge in [0.1, 0.15) is 0 Å². The van der Waals surface area contributed by atoms with Gasteiger partial charge in [0, 0.05) is 12.1 Å². The van der Waals surface area contributed by atoms with Crippen molar-refractivity contribution in [3.8, 4) is 0 Å². The lowest BCUT2D eigenvalue weighted by molar-refractivity contribution is -0.384. The van der Waals surface area contributed by atoms with Crippen LogP contribution in [0.2, 0.25) is 0 Å². The quantitative estimate of drug-likeness (QED) is 0.495. The number of Topliss-reactive ketones (excluding diaryl/α,β-unsaturated/α-hetero) is 1. The smallest absolute Gasteiger partial charge is 0.299 e. The van der Waals surface area contributed by atoms with Crippen molar-refractivity contribution in [2.24, 2.45) is 0 Å². The Morgan fingerprint density at radius 2 is 1.91 bits per heavy atom. The molecule has 1 heterocycles. The van der Waals surface area contributed by atoms with E-state index >= 15 is 0 Å². The van der Waals surface area contributed by atoms with Crippen molar-refractivity contribution >= 4 is 23.1 Å². The lowest BCUT2D eigenvalue weighted by Crippen LogP contribution is -2.29. The van der Waals surface area contributed by atoms with Crippen molar-refractivity contribution in [3.63, 3.8) is 0 Å². The van der Waals surface area contributed by atoms with E-state index in [0.717, 1.165) is 5.56 Å². The maximum atomic E-state index is 12.1. The lowest BCUT2D eigenvalue weighted by atomic mass is 10.1. The molecule has 2 aromatic carbocycles. The molecular weight excluding hydrogens is 284 g/mol. The highest BCUT2D eigenvalue weighted by Crippen LogP contribution is 2.31. The van der Waals surface area contributed by atoms with E-state index in [2.05, 4.69) is 0 Å². The van der Waals surface area contributed by atoms with Gasteiger partial charge in [-0.1, -0.05) is 23.8 Å². The molecule has 0 radical (unpaired) electrons. The van der Waals surface area contributed by atoms with Crippen molar-refractivity contribution < 1.29 is 14.5 Å². The van der Waals surface area contributed by atoms with E-state index in [9.17, 15) is 19.7 Å². The zero-order valence-corrected chi connectivity index (χ0v) is 11.8. The van der Waals surface area contributed by atoms with E-state index in [1.54, 1.807) is 24.3 Å². The minimum Gasteiger partial charge on any atom is -0.300 e. The fraction of sp³-hybridized carbons (Fsp3) is 0.125. The summed E-state index contributed by atoms with van der Waals surface area (Å²) >= 11 is 0. The first-order valence-electron chi connectivity index (χ1n) is 6.67. The van der Waals surface area contributed by atoms with Crippen LogP contribution in [0.4, 0.5) is 11.4 Å². The van der Waals surface area contributed by atoms with Crippen molar-refractivity contribution in [2.75, 3.05) is 4.90 Å². The van der Waals surface area contributed by atoms with Gasteiger partial charge in [0.15, 0.2) is 0 Å². The average Bonchev–Trinajstić information content (AvgIpc) is 2.72. The van der Waals surface area contributed by atoms with E-state index in [1.807, 2.05) is 13.0 Å². The number of aryl methyl sites for hydroxylation is 1. The maximum Gasteiger partial charge on any atom is 0.299 e. The highest BCUT2D eigenvalue weighted by molar-refractivity contribution is 6.52. The summed E-state index contributed by atoms with van der Waals surface area (Å²) in [6, 6.07) is 11.3. The topological polar surface area (TPSA) is 80.5 Å². The number of ketones is 1. The molecule has 6 nitrogen and oxygen atoms in total. The molecule has 1 aliphatic heterocycles. The molecule has 1 amide bonds. The SMILES string of the molecule is Cc1ccc2c(c1)C(=O)C(=O)N2Cc1cccc([N+](=O)[O-])c1. The Balaban J connectivity index is 1.97. The van der Waals surface area contributed by atoms with Crippen LogP contribution in [0.1, 0.15) is 21.5 Å². The molecule has 2 aromatic rings. The highest BCUT2D eigenvalue weighted by atomic mass is 16.6. The Labute approximate surface area is 126 Å². The Bertz CT molecular complexity index is 814. The van der Waals surface area contributed by atoms with Gasteiger partial charge in [0.05, 0.1) is 22.7 Å². The zero-order chi connectivity index (χ0) is 15.9. The van der Waals surface area contributed by atoms with Crippen LogP contribution < -0.4 is 4.90 Å². The maximum absolute atomic E-state index is 12.1. The molecule has 3 rings (SSSR count). The summed E-state index contributed by atoms with van der Waals surface area (Å²) in [6.07, 6.45) is 0. The van der Waals surface area contributed by atoms with Gasteiger partial charge < -0.3 is 4.90 Å². The number of hydrogen-bond donors (Lipinski definition) is 0. The molecule has 0 fully saturated rings. The van der Waals surface area contributed by atoms with Crippen LogP contribution in [0, 0.1) is 17.0 Å². The van der Waals surface area contributed by atoms with Crippen LogP contribution in [-0.2, 0) is 11.3 Å². The van der Waals surface area contributed by atoms with Gasteiger partial charge in [-0.2, -0.15) is 0 Å². The number of anilines is 1. The Kier molecular flexibility index (Phi) is 3.21. The predicted molar refractivity (Wildman–Crippen MR) is 79.8 cm³/mol. The first-order valence-corrected chi connectivity index (χ1v) is 6.67. The molecule has 0 bridgehead atoms. The second kappa shape index (κ2) is 5.07. The molecule has 0 aromatic heterocycles. The summed E-state index contributed by atoms with van der Waals surface area (Å²) in [5.41, 5.74) is 2.39. The first kappa shape index (κ1) is 13.9. The normalized spacial score (nSPS) is 13.4. The number of hydrogen-bond acceptors (Lipinski definition) is 4. The number of nitrogens with zero attached hydrogens (tertiary/aromatic N) is 2. The third-order valence-electron chi connectivity index (χ3n) is 3.59. The number of carbonyl (C=O) groups is 2. The Morgan fingerprint density at radius 1 is 1.14 bits per heavy atom. The van der Waals surface area contributed by atoms with Crippen molar-refractivity contribution in [3.05, 3.63) is 69.3 Å². The number of non-ortho nitro benzene ring substituents is 1. The van der Waals surface area contributed by atoms with Gasteiger partial charge in [0.25, 0.3) is 17.4 Å². The minimum atomic E-state index is -0.605. The van der Waals surface area contributed by atoms with Crippen LogP contribution in [0.5, 0.6) is 0 Å². The molecule has 0 spiro atoms. The molecule has 0 saturated heterocycles. The minimum absolute atomic E-state index is 0.0420. The molecule has 110 valence electrons. The molecule has 0 saturated carbocycles. The number of nitro groups is 1. The van der Waals surface area contributed by atoms with Gasteiger partial charge in [-0.15, -0.1) is 0 Å². The monoisotopic (exact) mass is 296 g/mol. The summed E-state index contributed by atoms with van der Waals surface area (Å²) < 4.78 is 0. The van der Waals surface area contributed by atoms with Crippen LogP contribution in [-0.4, -0.2) is 16.6 Å². The number of rotatable bonds is 3. The van der Waals surface area contributed by atoms with E-state index in [-0.39, 0.29) is 12.2 Å². The predicted octanol–water partition coefficient (Wildman–Crippen LogP) is 2.63. The second-order valence-electron chi connectivity index (χ2n) is 5.17. The Hall–Kier alpha value is -3.02. The standard InChI is InChI=1S/C16H12N2O4/c1-10-5-6-14-13(7-10)15(19)16(20)17(14)9-11-3-2-4-12(8-11)18(21)22/h2-8H,9H2,1H3. The van der Waals surface area contributed by atoms with E-state index in [1.165, 1.54) is 17.0 Å². The fourth-order valence-corrected chi connectivity index (χ4v) is 2.52. The van der Waals surface area contributed by atoms with Crippen molar-refractivity contribution in [1.29, 1.82) is 0 Å². The molecule has 0 aliphatic carbocycles. The van der Waals surface area contributed by atoms with E-state index in [4.69, 9.17) is 0 Å². The van der Waals surface area contributed by atoms with Crippen molar-refractivity contribution in [1.82, 2.24) is 0 Å². The number of benzene rings is 2. The van der Waals surface area contributed by atoms with Gasteiger partial charge in [-0.05, 0) is 24.6 Å². The van der Waals surface area contributed by atoms with Crippen LogP contribution in [0.3, 0.4) is 0 Å². The van der Waals surface area contributed by atoms with Crippen LogP contribution in [0.25, 0.3) is 0 Å². The molecule has 0 atom stereocenters. The molecule has 6 heteroatoms. The number of amides is 1. The van der Waals surface area contributed by atoms with Gasteiger partial charge >= 0.3 is 0 Å². The average molecular weight is 296 g/mol. The van der Waals surface area contributed by atoms with E-state index in [0.29, 0.717) is 16.8 Å². The van der Waals surface area contributed by atoms with Gasteiger partial charge in [0.2, 0.25) is 0 Å². The van der Waals surface area contributed by atoms with Crippen LogP contribution >= 0.6 is 0 Å². The molecule has 1 aliphatic rings. The highest BCUT2D eigenvalue weighted by Gasteiger charge is 2.35. The molecule has 0 N–H and O–H groups in total.